The lowest BCUT2D eigenvalue weighted by atomic mass is 10.00. The molecule has 0 spiro atoms. The molecule has 1 aliphatic rings. The van der Waals surface area contributed by atoms with Crippen LogP contribution in [0.2, 0.25) is 0 Å². The van der Waals surface area contributed by atoms with Crippen LogP contribution < -0.4 is 16.0 Å². The van der Waals surface area contributed by atoms with E-state index in [1.807, 2.05) is 23.1 Å². The molecule has 0 radical (unpaired) electrons. The van der Waals surface area contributed by atoms with E-state index in [1.165, 1.54) is 4.90 Å². The lowest BCUT2D eigenvalue weighted by Gasteiger charge is -2.31. The van der Waals surface area contributed by atoms with Crippen molar-refractivity contribution < 1.29 is 9.59 Å². The summed E-state index contributed by atoms with van der Waals surface area (Å²) in [5, 5.41) is 2.75. The van der Waals surface area contributed by atoms with Crippen LogP contribution in [-0.4, -0.2) is 49.9 Å². The molecular weight excluding hydrogens is 316 g/mol. The Balaban J connectivity index is 0.00000264. The Morgan fingerprint density at radius 3 is 2.74 bits per heavy atom. The van der Waals surface area contributed by atoms with Crippen molar-refractivity contribution in [3.63, 3.8) is 0 Å². The van der Waals surface area contributed by atoms with Gasteiger partial charge in [0, 0.05) is 32.0 Å². The van der Waals surface area contributed by atoms with E-state index < -0.39 is 6.04 Å². The number of nitrogens with two attached hydrogens (primary N) is 1. The van der Waals surface area contributed by atoms with Gasteiger partial charge in [-0.25, -0.2) is 0 Å². The Kier molecular flexibility index (Phi) is 6.69. The summed E-state index contributed by atoms with van der Waals surface area (Å²) in [5.41, 5.74) is 8.92. The van der Waals surface area contributed by atoms with E-state index in [1.54, 1.807) is 21.0 Å². The first-order chi connectivity index (χ1) is 10.4. The number of nitrogens with zero attached hydrogens (tertiary/aromatic N) is 2. The molecular formula is C16H25ClN4O2. The predicted molar refractivity (Wildman–Crippen MR) is 94.9 cm³/mol. The van der Waals surface area contributed by atoms with E-state index in [9.17, 15) is 9.59 Å². The van der Waals surface area contributed by atoms with Crippen molar-refractivity contribution in [1.29, 1.82) is 0 Å². The quantitative estimate of drug-likeness (QED) is 0.803. The summed E-state index contributed by atoms with van der Waals surface area (Å²) < 4.78 is 0. The predicted octanol–water partition coefficient (Wildman–Crippen LogP) is 1.04. The Labute approximate surface area is 143 Å². The first-order valence-corrected chi connectivity index (χ1v) is 7.53. The zero-order chi connectivity index (χ0) is 16.3. The SMILES string of the molecule is CC(NC(=O)CN1CCCc2c(N)cccc21)C(=O)N(C)C.Cl. The molecule has 0 saturated carbocycles. The number of hydrogen-bond donors (Lipinski definition) is 2. The van der Waals surface area contributed by atoms with Crippen LogP contribution in [0.15, 0.2) is 18.2 Å². The molecule has 1 aromatic carbocycles. The van der Waals surface area contributed by atoms with Crippen molar-refractivity contribution in [2.24, 2.45) is 0 Å². The number of benzene rings is 1. The van der Waals surface area contributed by atoms with Gasteiger partial charge in [0.25, 0.3) is 0 Å². The van der Waals surface area contributed by atoms with Crippen LogP contribution in [0.25, 0.3) is 0 Å². The fraction of sp³-hybridized carbons (Fsp3) is 0.500. The summed E-state index contributed by atoms with van der Waals surface area (Å²) in [7, 11) is 3.35. The third kappa shape index (κ3) is 4.51. The molecule has 0 bridgehead atoms. The number of carbonyl (C=O) groups is 2. The van der Waals surface area contributed by atoms with Gasteiger partial charge in [-0.05, 0) is 37.5 Å². The highest BCUT2D eigenvalue weighted by atomic mass is 35.5. The molecule has 7 heteroatoms. The normalized spacial score (nSPS) is 14.3. The summed E-state index contributed by atoms with van der Waals surface area (Å²) in [4.78, 5) is 27.5. The van der Waals surface area contributed by atoms with Crippen LogP contribution >= 0.6 is 12.4 Å². The number of hydrogen-bond acceptors (Lipinski definition) is 4. The van der Waals surface area contributed by atoms with Gasteiger partial charge in [-0.15, -0.1) is 12.4 Å². The second kappa shape index (κ2) is 8.06. The maximum Gasteiger partial charge on any atom is 0.244 e. The highest BCUT2D eigenvalue weighted by Crippen LogP contribution is 2.30. The van der Waals surface area contributed by atoms with Gasteiger partial charge < -0.3 is 20.9 Å². The minimum Gasteiger partial charge on any atom is -0.398 e. The molecule has 0 saturated heterocycles. The number of carbonyl (C=O) groups excluding carboxylic acids is 2. The number of nitrogens with one attached hydrogen (secondary N) is 1. The van der Waals surface area contributed by atoms with E-state index in [0.29, 0.717) is 0 Å². The van der Waals surface area contributed by atoms with Gasteiger partial charge in [-0.1, -0.05) is 6.07 Å². The summed E-state index contributed by atoms with van der Waals surface area (Å²) in [6, 6.07) is 5.27. The molecule has 3 N–H and O–H groups in total. The van der Waals surface area contributed by atoms with Crippen molar-refractivity contribution in [2.75, 3.05) is 37.8 Å². The number of rotatable bonds is 4. The fourth-order valence-corrected chi connectivity index (χ4v) is 2.80. The zero-order valence-electron chi connectivity index (χ0n) is 13.8. The Hall–Kier alpha value is -1.95. The van der Waals surface area contributed by atoms with Gasteiger partial charge in [0.1, 0.15) is 6.04 Å². The van der Waals surface area contributed by atoms with E-state index in [-0.39, 0.29) is 30.8 Å². The molecule has 1 atom stereocenters. The van der Waals surface area contributed by atoms with Gasteiger partial charge in [-0.3, -0.25) is 9.59 Å². The smallest absolute Gasteiger partial charge is 0.244 e. The summed E-state index contributed by atoms with van der Waals surface area (Å²) >= 11 is 0. The van der Waals surface area contributed by atoms with Gasteiger partial charge >= 0.3 is 0 Å². The third-order valence-corrected chi connectivity index (χ3v) is 3.91. The molecule has 6 nitrogen and oxygen atoms in total. The summed E-state index contributed by atoms with van der Waals surface area (Å²) in [5.74, 6) is -0.269. The minimum atomic E-state index is -0.521. The molecule has 1 aliphatic heterocycles. The van der Waals surface area contributed by atoms with E-state index >= 15 is 0 Å². The molecule has 0 aromatic heterocycles. The fourth-order valence-electron chi connectivity index (χ4n) is 2.80. The number of amides is 2. The number of halogens is 1. The van der Waals surface area contributed by atoms with Gasteiger partial charge in [0.05, 0.1) is 6.54 Å². The molecule has 2 rings (SSSR count). The van der Waals surface area contributed by atoms with Crippen molar-refractivity contribution in [3.8, 4) is 0 Å². The maximum absolute atomic E-state index is 12.2. The molecule has 1 unspecified atom stereocenters. The molecule has 0 fully saturated rings. The van der Waals surface area contributed by atoms with Crippen LogP contribution in [0.5, 0.6) is 0 Å². The Morgan fingerprint density at radius 1 is 1.39 bits per heavy atom. The van der Waals surface area contributed by atoms with Crippen LogP contribution in [0.4, 0.5) is 11.4 Å². The van der Waals surface area contributed by atoms with E-state index in [2.05, 4.69) is 5.32 Å². The molecule has 2 amide bonds. The third-order valence-electron chi connectivity index (χ3n) is 3.91. The van der Waals surface area contributed by atoms with Crippen LogP contribution in [0.1, 0.15) is 18.9 Å². The first-order valence-electron chi connectivity index (χ1n) is 7.53. The topological polar surface area (TPSA) is 78.7 Å². The second-order valence-corrected chi connectivity index (χ2v) is 5.89. The minimum absolute atomic E-state index is 0. The first kappa shape index (κ1) is 19.1. The Bertz CT molecular complexity index is 577. The van der Waals surface area contributed by atoms with Crippen molar-refractivity contribution >= 4 is 35.6 Å². The van der Waals surface area contributed by atoms with Gasteiger partial charge in [0.2, 0.25) is 11.8 Å². The summed E-state index contributed by atoms with van der Waals surface area (Å²) in [6.07, 6.45) is 1.91. The van der Waals surface area contributed by atoms with Crippen LogP contribution in [0, 0.1) is 0 Å². The number of likely N-dealkylation sites (N-methyl/N-ethyl adjacent to an activating group) is 1. The standard InChI is InChI=1S/C16H24N4O2.ClH/c1-11(16(22)19(2)3)18-15(21)10-20-9-5-6-12-13(17)7-4-8-14(12)20;/h4,7-8,11H,5-6,9-10,17H2,1-3H3,(H,18,21);1H. The van der Waals surface area contributed by atoms with Gasteiger partial charge in [0.15, 0.2) is 0 Å². The zero-order valence-corrected chi connectivity index (χ0v) is 14.7. The average Bonchev–Trinajstić information content (AvgIpc) is 2.47. The Morgan fingerprint density at radius 2 is 2.09 bits per heavy atom. The van der Waals surface area contributed by atoms with Crippen LogP contribution in [-0.2, 0) is 16.0 Å². The monoisotopic (exact) mass is 340 g/mol. The molecule has 1 heterocycles. The van der Waals surface area contributed by atoms with Crippen molar-refractivity contribution in [1.82, 2.24) is 10.2 Å². The molecule has 0 aliphatic carbocycles. The molecule has 1 aromatic rings. The number of anilines is 2. The van der Waals surface area contributed by atoms with Crippen LogP contribution in [0.3, 0.4) is 0 Å². The van der Waals surface area contributed by atoms with Crippen molar-refractivity contribution in [2.45, 2.75) is 25.8 Å². The second-order valence-electron chi connectivity index (χ2n) is 5.89. The van der Waals surface area contributed by atoms with Crippen molar-refractivity contribution in [3.05, 3.63) is 23.8 Å². The van der Waals surface area contributed by atoms with E-state index in [0.717, 1.165) is 36.3 Å². The summed E-state index contributed by atoms with van der Waals surface area (Å²) in [6.45, 7) is 2.75. The number of nitrogen functional groups attached to an aromatic ring is 1. The van der Waals surface area contributed by atoms with E-state index in [4.69, 9.17) is 5.73 Å². The highest BCUT2D eigenvalue weighted by molar-refractivity contribution is 5.89. The maximum atomic E-state index is 12.2. The molecule has 128 valence electrons. The average molecular weight is 341 g/mol. The lowest BCUT2D eigenvalue weighted by Crippen LogP contribution is -2.48. The highest BCUT2D eigenvalue weighted by Gasteiger charge is 2.22. The molecule has 23 heavy (non-hydrogen) atoms. The largest absolute Gasteiger partial charge is 0.398 e. The van der Waals surface area contributed by atoms with Gasteiger partial charge in [-0.2, -0.15) is 0 Å². The number of fused-ring (bicyclic) bond motifs is 1. The lowest BCUT2D eigenvalue weighted by molar-refractivity contribution is -0.133.